The Hall–Kier alpha value is -0.890. The number of carboxylic acids is 1. The predicted octanol–water partition coefficient (Wildman–Crippen LogP) is 1.82. The van der Waals surface area contributed by atoms with Crippen LogP contribution in [0.25, 0.3) is 0 Å². The van der Waals surface area contributed by atoms with E-state index in [0.29, 0.717) is 4.47 Å². The minimum absolute atomic E-state index is 0.00275. The third-order valence-electron chi connectivity index (χ3n) is 2.38. The van der Waals surface area contributed by atoms with Crippen molar-refractivity contribution < 1.29 is 24.9 Å². The van der Waals surface area contributed by atoms with E-state index in [9.17, 15) is 19.8 Å². The normalized spacial score (nSPS) is 13.9. The molecule has 1 aromatic rings. The summed E-state index contributed by atoms with van der Waals surface area (Å²) in [5.41, 5.74) is 0.292. The van der Waals surface area contributed by atoms with Crippen LogP contribution in [0.2, 0.25) is 0 Å². The van der Waals surface area contributed by atoms with E-state index in [2.05, 4.69) is 15.9 Å². The maximum Gasteiger partial charge on any atom is 0.336 e. The number of hydrogen-bond donors (Lipinski definition) is 3. The maximum atomic E-state index is 11.0. The van der Waals surface area contributed by atoms with Gasteiger partial charge in [0, 0.05) is 17.1 Å². The second-order valence-electron chi connectivity index (χ2n) is 3.86. The molecule has 5 nitrogen and oxygen atoms in total. The molecule has 0 fully saturated rings. The highest BCUT2D eigenvalue weighted by atomic mass is 79.9. The second kappa shape index (κ2) is 7.04. The molecule has 0 amide bonds. The van der Waals surface area contributed by atoms with Crippen LogP contribution in [-0.4, -0.2) is 38.3 Å². The molecule has 1 rings (SSSR count). The molecular formula is C12H13BrO5S. The van der Waals surface area contributed by atoms with Crippen molar-refractivity contribution in [2.45, 2.75) is 19.1 Å². The predicted molar refractivity (Wildman–Crippen MR) is 75.2 cm³/mol. The average Bonchev–Trinajstić information content (AvgIpc) is 2.35. The second-order valence-corrected chi connectivity index (χ2v) is 5.91. The number of hydrogen-bond acceptors (Lipinski definition) is 5. The van der Waals surface area contributed by atoms with Crippen molar-refractivity contribution in [2.24, 2.45) is 0 Å². The summed E-state index contributed by atoms with van der Waals surface area (Å²) in [5.74, 6) is -1.08. The van der Waals surface area contributed by atoms with E-state index in [1.807, 2.05) is 0 Å². The molecule has 0 heterocycles. The van der Waals surface area contributed by atoms with Gasteiger partial charge in [0.25, 0.3) is 0 Å². The van der Waals surface area contributed by atoms with Crippen molar-refractivity contribution in [3.63, 3.8) is 0 Å². The number of aromatic carboxylic acids is 1. The first-order valence-corrected chi connectivity index (χ1v) is 7.13. The summed E-state index contributed by atoms with van der Waals surface area (Å²) in [6, 6.07) is 4.30. The molecule has 0 aromatic heterocycles. The van der Waals surface area contributed by atoms with Gasteiger partial charge in [0.1, 0.15) is 6.10 Å². The lowest BCUT2D eigenvalue weighted by Crippen LogP contribution is -2.21. The Kier molecular flexibility index (Phi) is 5.99. The smallest absolute Gasteiger partial charge is 0.336 e. The number of rotatable bonds is 5. The molecule has 0 spiro atoms. The van der Waals surface area contributed by atoms with E-state index >= 15 is 0 Å². The molecule has 2 atom stereocenters. The van der Waals surface area contributed by atoms with Gasteiger partial charge >= 0.3 is 5.97 Å². The van der Waals surface area contributed by atoms with Crippen LogP contribution >= 0.6 is 27.7 Å². The van der Waals surface area contributed by atoms with Crippen LogP contribution in [0, 0.1) is 0 Å². The SMILES string of the molecule is CC(=O)SCC(O)C(O)c1ccc(Br)c(C(=O)O)c1. The molecule has 19 heavy (non-hydrogen) atoms. The molecule has 0 radical (unpaired) electrons. The standard InChI is InChI=1S/C12H13BrO5S/c1-6(14)19-5-10(15)11(16)7-2-3-9(13)8(4-7)12(17)18/h2-4,10-11,15-16H,5H2,1H3,(H,17,18). The van der Waals surface area contributed by atoms with Crippen molar-refractivity contribution in [2.75, 3.05) is 5.75 Å². The van der Waals surface area contributed by atoms with Crippen molar-refractivity contribution in [1.82, 2.24) is 0 Å². The first-order chi connectivity index (χ1) is 8.82. The summed E-state index contributed by atoms with van der Waals surface area (Å²) >= 11 is 3.99. The zero-order chi connectivity index (χ0) is 14.6. The third kappa shape index (κ3) is 4.61. The zero-order valence-electron chi connectivity index (χ0n) is 10.0. The number of carbonyl (C=O) groups is 2. The molecule has 104 valence electrons. The van der Waals surface area contributed by atoms with E-state index in [1.165, 1.54) is 25.1 Å². The molecule has 1 aromatic carbocycles. The molecule has 0 aliphatic carbocycles. The summed E-state index contributed by atoms with van der Waals surface area (Å²) in [6.07, 6.45) is -2.38. The van der Waals surface area contributed by atoms with Gasteiger partial charge in [-0.25, -0.2) is 4.79 Å². The van der Waals surface area contributed by atoms with Crippen LogP contribution in [0.1, 0.15) is 28.9 Å². The number of aliphatic hydroxyl groups excluding tert-OH is 2. The molecule has 7 heteroatoms. The van der Waals surface area contributed by atoms with E-state index in [1.54, 1.807) is 0 Å². The first-order valence-electron chi connectivity index (χ1n) is 5.35. The molecule has 0 saturated heterocycles. The number of carboxylic acid groups (broad SMARTS) is 1. The summed E-state index contributed by atoms with van der Waals surface area (Å²) < 4.78 is 0.392. The Bertz CT molecular complexity index is 491. The van der Waals surface area contributed by atoms with Gasteiger partial charge in [-0.2, -0.15) is 0 Å². The monoisotopic (exact) mass is 348 g/mol. The van der Waals surface area contributed by atoms with Gasteiger partial charge in [0.15, 0.2) is 5.12 Å². The molecule has 0 aliphatic rings. The number of aliphatic hydroxyl groups is 2. The summed E-state index contributed by atoms with van der Waals surface area (Å²) in [7, 11) is 0. The lowest BCUT2D eigenvalue weighted by atomic mass is 10.0. The maximum absolute atomic E-state index is 11.0. The fourth-order valence-corrected chi connectivity index (χ4v) is 2.41. The van der Waals surface area contributed by atoms with E-state index in [0.717, 1.165) is 11.8 Å². The van der Waals surface area contributed by atoms with Gasteiger partial charge in [0.05, 0.1) is 11.7 Å². The van der Waals surface area contributed by atoms with Gasteiger partial charge in [0.2, 0.25) is 0 Å². The van der Waals surface area contributed by atoms with Crippen LogP contribution in [-0.2, 0) is 4.79 Å². The Morgan fingerprint density at radius 1 is 1.37 bits per heavy atom. The van der Waals surface area contributed by atoms with Crippen LogP contribution < -0.4 is 0 Å². The Labute approximate surface area is 122 Å². The van der Waals surface area contributed by atoms with Crippen molar-refractivity contribution in [3.8, 4) is 0 Å². The van der Waals surface area contributed by atoms with Crippen LogP contribution in [0.3, 0.4) is 0 Å². The highest BCUT2D eigenvalue weighted by Crippen LogP contribution is 2.25. The van der Waals surface area contributed by atoms with Gasteiger partial charge in [-0.3, -0.25) is 4.79 Å². The number of thioether (sulfide) groups is 1. The first kappa shape index (κ1) is 16.2. The molecule has 0 aliphatic heterocycles. The van der Waals surface area contributed by atoms with Crippen LogP contribution in [0.4, 0.5) is 0 Å². The highest BCUT2D eigenvalue weighted by Gasteiger charge is 2.21. The largest absolute Gasteiger partial charge is 0.478 e. The Balaban J connectivity index is 2.87. The molecule has 3 N–H and O–H groups in total. The Morgan fingerprint density at radius 2 is 2.00 bits per heavy atom. The van der Waals surface area contributed by atoms with E-state index in [4.69, 9.17) is 5.11 Å². The number of carbonyl (C=O) groups excluding carboxylic acids is 1. The van der Waals surface area contributed by atoms with Crippen LogP contribution in [0.15, 0.2) is 22.7 Å². The average molecular weight is 349 g/mol. The zero-order valence-corrected chi connectivity index (χ0v) is 12.4. The summed E-state index contributed by atoms with van der Waals surface area (Å²) in [4.78, 5) is 21.7. The van der Waals surface area contributed by atoms with Gasteiger partial charge in [-0.05, 0) is 33.6 Å². The van der Waals surface area contributed by atoms with Gasteiger partial charge in [-0.15, -0.1) is 0 Å². The third-order valence-corrected chi connectivity index (χ3v) is 3.99. The quantitative estimate of drug-likeness (QED) is 0.751. The van der Waals surface area contributed by atoms with Gasteiger partial charge < -0.3 is 15.3 Å². The van der Waals surface area contributed by atoms with Crippen LogP contribution in [0.5, 0.6) is 0 Å². The van der Waals surface area contributed by atoms with E-state index in [-0.39, 0.29) is 22.0 Å². The molecule has 2 unspecified atom stereocenters. The highest BCUT2D eigenvalue weighted by molar-refractivity contribution is 9.10. The van der Waals surface area contributed by atoms with Crippen molar-refractivity contribution in [1.29, 1.82) is 0 Å². The fourth-order valence-electron chi connectivity index (χ4n) is 1.41. The molecule has 0 saturated carbocycles. The minimum Gasteiger partial charge on any atom is -0.478 e. The Morgan fingerprint density at radius 3 is 2.53 bits per heavy atom. The molecule has 0 bridgehead atoms. The molecular weight excluding hydrogens is 336 g/mol. The van der Waals surface area contributed by atoms with E-state index < -0.39 is 18.2 Å². The summed E-state index contributed by atoms with van der Waals surface area (Å²) in [5, 5.41) is 28.5. The lowest BCUT2D eigenvalue weighted by molar-refractivity contribution is -0.109. The fraction of sp³-hybridized carbons (Fsp3) is 0.333. The lowest BCUT2D eigenvalue weighted by Gasteiger charge is -2.18. The number of benzene rings is 1. The number of halogens is 1. The minimum atomic E-state index is -1.24. The van der Waals surface area contributed by atoms with Gasteiger partial charge in [-0.1, -0.05) is 17.8 Å². The van der Waals surface area contributed by atoms with Crippen molar-refractivity contribution in [3.05, 3.63) is 33.8 Å². The topological polar surface area (TPSA) is 94.8 Å². The van der Waals surface area contributed by atoms with Crippen molar-refractivity contribution >= 4 is 38.8 Å². The summed E-state index contributed by atoms with van der Waals surface area (Å²) in [6.45, 7) is 1.37.